The van der Waals surface area contributed by atoms with E-state index in [-0.39, 0.29) is 0 Å². The Kier molecular flexibility index (Phi) is 4.00. The summed E-state index contributed by atoms with van der Waals surface area (Å²) in [5.41, 5.74) is 10.8. The maximum Gasteiger partial charge on any atom is 0.0671 e. The highest BCUT2D eigenvalue weighted by molar-refractivity contribution is 6.33. The highest BCUT2D eigenvalue weighted by Crippen LogP contribution is 2.27. The number of rotatable bonds is 4. The molecule has 0 fully saturated rings. The molecule has 1 aromatic carbocycles. The van der Waals surface area contributed by atoms with Crippen molar-refractivity contribution in [1.29, 1.82) is 0 Å². The van der Waals surface area contributed by atoms with Crippen LogP contribution in [0.2, 0.25) is 5.02 Å². The van der Waals surface area contributed by atoms with Gasteiger partial charge in [-0.2, -0.15) is 5.10 Å². The van der Waals surface area contributed by atoms with Crippen LogP contribution in [0.25, 0.3) is 0 Å². The van der Waals surface area contributed by atoms with Gasteiger partial charge in [0.05, 0.1) is 16.4 Å². The van der Waals surface area contributed by atoms with Crippen molar-refractivity contribution >= 4 is 23.0 Å². The SMILES string of the molecule is CCc1nn(C)cc1CNc1cc(Cl)c(N)cc1C. The number of nitrogen functional groups attached to an aromatic ring is 1. The van der Waals surface area contributed by atoms with E-state index in [1.165, 1.54) is 5.56 Å². The highest BCUT2D eigenvalue weighted by Gasteiger charge is 2.07. The Hall–Kier alpha value is -1.68. The number of aromatic nitrogens is 2. The van der Waals surface area contributed by atoms with Gasteiger partial charge in [-0.05, 0) is 31.0 Å². The third-order valence-corrected chi connectivity index (χ3v) is 3.47. The maximum absolute atomic E-state index is 6.05. The van der Waals surface area contributed by atoms with Crippen LogP contribution in [0.15, 0.2) is 18.3 Å². The Bertz CT molecular complexity index is 589. The van der Waals surface area contributed by atoms with Crippen molar-refractivity contribution in [3.8, 4) is 0 Å². The maximum atomic E-state index is 6.05. The Morgan fingerprint density at radius 3 is 2.84 bits per heavy atom. The number of anilines is 2. The van der Waals surface area contributed by atoms with Crippen molar-refractivity contribution in [3.05, 3.63) is 40.2 Å². The molecule has 0 saturated carbocycles. The molecule has 0 bridgehead atoms. The van der Waals surface area contributed by atoms with Crippen LogP contribution in [-0.4, -0.2) is 9.78 Å². The predicted octanol–water partition coefficient (Wildman–Crippen LogP) is 3.14. The van der Waals surface area contributed by atoms with Gasteiger partial charge in [-0.3, -0.25) is 4.68 Å². The van der Waals surface area contributed by atoms with Crippen molar-refractivity contribution in [1.82, 2.24) is 9.78 Å². The second-order valence-electron chi connectivity index (χ2n) is 4.67. The number of nitrogens with one attached hydrogen (secondary N) is 1. The lowest BCUT2D eigenvalue weighted by Gasteiger charge is -2.11. The van der Waals surface area contributed by atoms with E-state index in [1.54, 1.807) is 0 Å². The molecule has 1 aromatic heterocycles. The number of aryl methyl sites for hydroxylation is 3. The first-order chi connectivity index (χ1) is 9.01. The zero-order valence-electron chi connectivity index (χ0n) is 11.5. The molecule has 2 rings (SSSR count). The molecule has 1 heterocycles. The Morgan fingerprint density at radius 1 is 1.42 bits per heavy atom. The van der Waals surface area contributed by atoms with Crippen LogP contribution in [0.5, 0.6) is 0 Å². The van der Waals surface area contributed by atoms with E-state index in [4.69, 9.17) is 17.3 Å². The second-order valence-corrected chi connectivity index (χ2v) is 5.08. The van der Waals surface area contributed by atoms with Crippen molar-refractivity contribution in [2.75, 3.05) is 11.1 Å². The number of benzene rings is 1. The van der Waals surface area contributed by atoms with Gasteiger partial charge in [0.1, 0.15) is 0 Å². The summed E-state index contributed by atoms with van der Waals surface area (Å²) in [5.74, 6) is 0. The standard InChI is InChI=1S/C14H19ClN4/c1-4-13-10(8-19(3)18-13)7-17-14-6-11(15)12(16)5-9(14)2/h5-6,8,17H,4,7,16H2,1-3H3. The van der Waals surface area contributed by atoms with Crippen LogP contribution in [0.4, 0.5) is 11.4 Å². The molecule has 19 heavy (non-hydrogen) atoms. The summed E-state index contributed by atoms with van der Waals surface area (Å²) >= 11 is 6.05. The van der Waals surface area contributed by atoms with Crippen molar-refractivity contribution in [3.63, 3.8) is 0 Å². The third-order valence-electron chi connectivity index (χ3n) is 3.14. The molecule has 102 valence electrons. The molecule has 5 heteroatoms. The van der Waals surface area contributed by atoms with E-state index < -0.39 is 0 Å². The highest BCUT2D eigenvalue weighted by atomic mass is 35.5. The molecule has 0 aliphatic heterocycles. The Balaban J connectivity index is 2.16. The molecule has 0 aliphatic rings. The van der Waals surface area contributed by atoms with E-state index in [0.29, 0.717) is 10.7 Å². The molecule has 0 spiro atoms. The quantitative estimate of drug-likeness (QED) is 0.845. The predicted molar refractivity (Wildman–Crippen MR) is 80.5 cm³/mol. The summed E-state index contributed by atoms with van der Waals surface area (Å²) in [5, 5.41) is 8.40. The average molecular weight is 279 g/mol. The minimum atomic E-state index is 0.579. The summed E-state index contributed by atoms with van der Waals surface area (Å²) in [6.45, 7) is 4.86. The lowest BCUT2D eigenvalue weighted by Crippen LogP contribution is -2.03. The van der Waals surface area contributed by atoms with E-state index in [0.717, 1.165) is 29.9 Å². The van der Waals surface area contributed by atoms with Crippen LogP contribution >= 0.6 is 11.6 Å². The van der Waals surface area contributed by atoms with Crippen LogP contribution in [0.3, 0.4) is 0 Å². The zero-order valence-corrected chi connectivity index (χ0v) is 12.3. The Labute approximate surface area is 118 Å². The molecular weight excluding hydrogens is 260 g/mol. The zero-order chi connectivity index (χ0) is 14.0. The fourth-order valence-corrected chi connectivity index (χ4v) is 2.28. The lowest BCUT2D eigenvalue weighted by molar-refractivity contribution is 0.746. The van der Waals surface area contributed by atoms with E-state index in [2.05, 4.69) is 17.3 Å². The van der Waals surface area contributed by atoms with Gasteiger partial charge < -0.3 is 11.1 Å². The van der Waals surface area contributed by atoms with Gasteiger partial charge in [0.25, 0.3) is 0 Å². The molecule has 0 amide bonds. The minimum Gasteiger partial charge on any atom is -0.398 e. The molecule has 0 atom stereocenters. The molecule has 0 unspecified atom stereocenters. The number of nitrogens with two attached hydrogens (primary N) is 1. The Morgan fingerprint density at radius 2 is 2.16 bits per heavy atom. The molecule has 2 aromatic rings. The topological polar surface area (TPSA) is 55.9 Å². The summed E-state index contributed by atoms with van der Waals surface area (Å²) in [6, 6.07) is 3.75. The summed E-state index contributed by atoms with van der Waals surface area (Å²) in [6.07, 6.45) is 2.97. The number of halogens is 1. The fourth-order valence-electron chi connectivity index (χ4n) is 2.11. The molecule has 4 nitrogen and oxygen atoms in total. The molecular formula is C14H19ClN4. The van der Waals surface area contributed by atoms with Gasteiger partial charge in [-0.15, -0.1) is 0 Å². The van der Waals surface area contributed by atoms with Crippen molar-refractivity contribution < 1.29 is 0 Å². The first kappa shape index (κ1) is 13.7. The van der Waals surface area contributed by atoms with Gasteiger partial charge in [0.15, 0.2) is 0 Å². The van der Waals surface area contributed by atoms with Crippen LogP contribution in [0.1, 0.15) is 23.7 Å². The summed E-state index contributed by atoms with van der Waals surface area (Å²) in [4.78, 5) is 0. The van der Waals surface area contributed by atoms with E-state index >= 15 is 0 Å². The molecule has 0 aliphatic carbocycles. The largest absolute Gasteiger partial charge is 0.398 e. The number of hydrogen-bond donors (Lipinski definition) is 2. The van der Waals surface area contributed by atoms with Gasteiger partial charge in [-0.1, -0.05) is 18.5 Å². The smallest absolute Gasteiger partial charge is 0.0671 e. The number of nitrogens with zero attached hydrogens (tertiary/aromatic N) is 2. The first-order valence-electron chi connectivity index (χ1n) is 6.32. The first-order valence-corrected chi connectivity index (χ1v) is 6.70. The fraction of sp³-hybridized carbons (Fsp3) is 0.357. The van der Waals surface area contributed by atoms with Crippen LogP contribution in [0, 0.1) is 6.92 Å². The van der Waals surface area contributed by atoms with Crippen molar-refractivity contribution in [2.24, 2.45) is 7.05 Å². The van der Waals surface area contributed by atoms with Gasteiger partial charge in [-0.25, -0.2) is 0 Å². The minimum absolute atomic E-state index is 0.579. The normalized spacial score (nSPS) is 10.7. The van der Waals surface area contributed by atoms with Gasteiger partial charge >= 0.3 is 0 Å². The average Bonchev–Trinajstić information content (AvgIpc) is 2.72. The van der Waals surface area contributed by atoms with Gasteiger partial charge in [0.2, 0.25) is 0 Å². The van der Waals surface area contributed by atoms with Crippen molar-refractivity contribution in [2.45, 2.75) is 26.8 Å². The van der Waals surface area contributed by atoms with Crippen LogP contribution in [-0.2, 0) is 20.0 Å². The number of hydrogen-bond acceptors (Lipinski definition) is 3. The molecule has 0 radical (unpaired) electrons. The molecule has 3 N–H and O–H groups in total. The van der Waals surface area contributed by atoms with Gasteiger partial charge in [0, 0.05) is 31.0 Å². The van der Waals surface area contributed by atoms with Crippen LogP contribution < -0.4 is 11.1 Å². The lowest BCUT2D eigenvalue weighted by atomic mass is 10.1. The monoisotopic (exact) mass is 278 g/mol. The summed E-state index contributed by atoms with van der Waals surface area (Å²) in [7, 11) is 1.94. The van der Waals surface area contributed by atoms with E-state index in [1.807, 2.05) is 37.0 Å². The molecule has 0 saturated heterocycles. The third kappa shape index (κ3) is 3.01. The second kappa shape index (κ2) is 5.53. The van der Waals surface area contributed by atoms with E-state index in [9.17, 15) is 0 Å². The summed E-state index contributed by atoms with van der Waals surface area (Å²) < 4.78 is 1.85.